The molecule has 1 N–H and O–H groups in total. The van der Waals surface area contributed by atoms with E-state index in [0.29, 0.717) is 0 Å². The first kappa shape index (κ1) is 14.0. The Labute approximate surface area is 126 Å². The van der Waals surface area contributed by atoms with Crippen LogP contribution in [0.1, 0.15) is 32.6 Å². The number of nitrogens with zero attached hydrogens (tertiary/aromatic N) is 1. The van der Waals surface area contributed by atoms with Crippen molar-refractivity contribution in [2.24, 2.45) is 5.92 Å². The molecule has 1 aromatic heterocycles. The van der Waals surface area contributed by atoms with Crippen molar-refractivity contribution in [3.05, 3.63) is 35.5 Å². The molecule has 0 aliphatic heterocycles. The average Bonchev–Trinajstić information content (AvgIpc) is 2.84. The van der Waals surface area contributed by atoms with Crippen molar-refractivity contribution in [3.63, 3.8) is 0 Å². The molecule has 3 heteroatoms. The van der Waals surface area contributed by atoms with Gasteiger partial charge in [0.1, 0.15) is 0 Å². The van der Waals surface area contributed by atoms with Crippen molar-refractivity contribution >= 4 is 22.5 Å². The van der Waals surface area contributed by atoms with Crippen molar-refractivity contribution in [3.8, 4) is 0 Å². The summed E-state index contributed by atoms with van der Waals surface area (Å²) in [6.45, 7) is 4.41. The Hall–Kier alpha value is -0.990. The van der Waals surface area contributed by atoms with Crippen LogP contribution in [0.3, 0.4) is 0 Å². The summed E-state index contributed by atoms with van der Waals surface area (Å²) in [4.78, 5) is 0. The van der Waals surface area contributed by atoms with E-state index in [0.717, 1.165) is 30.1 Å². The van der Waals surface area contributed by atoms with Crippen molar-refractivity contribution in [1.29, 1.82) is 0 Å². The van der Waals surface area contributed by atoms with E-state index in [1.807, 2.05) is 6.07 Å². The lowest BCUT2D eigenvalue weighted by atomic mass is 9.87. The van der Waals surface area contributed by atoms with Crippen LogP contribution in [-0.4, -0.2) is 17.2 Å². The Morgan fingerprint density at radius 1 is 1.20 bits per heavy atom. The van der Waals surface area contributed by atoms with Crippen molar-refractivity contribution in [2.75, 3.05) is 6.54 Å². The minimum atomic E-state index is 0.719. The maximum atomic E-state index is 6.09. The van der Waals surface area contributed by atoms with Crippen LogP contribution in [-0.2, 0) is 6.54 Å². The summed E-state index contributed by atoms with van der Waals surface area (Å²) in [5.74, 6) is 0.920. The highest BCUT2D eigenvalue weighted by atomic mass is 35.5. The molecule has 0 radical (unpaired) electrons. The van der Waals surface area contributed by atoms with Crippen LogP contribution in [0.2, 0.25) is 5.02 Å². The Kier molecular flexibility index (Phi) is 4.32. The van der Waals surface area contributed by atoms with E-state index in [9.17, 15) is 0 Å². The Bertz CT molecular complexity index is 567. The molecule has 20 heavy (non-hydrogen) atoms. The van der Waals surface area contributed by atoms with Gasteiger partial charge in [0, 0.05) is 35.9 Å². The third-order valence-electron chi connectivity index (χ3n) is 4.54. The lowest BCUT2D eigenvalue weighted by Gasteiger charge is -2.27. The molecule has 0 atom stereocenters. The van der Waals surface area contributed by atoms with E-state index in [1.54, 1.807) is 0 Å². The molecule has 1 aliphatic carbocycles. The number of hydrogen-bond acceptors (Lipinski definition) is 1. The molecule has 0 unspecified atom stereocenters. The summed E-state index contributed by atoms with van der Waals surface area (Å²) >= 11 is 6.09. The van der Waals surface area contributed by atoms with Crippen molar-refractivity contribution in [1.82, 2.24) is 9.88 Å². The van der Waals surface area contributed by atoms with Crippen LogP contribution in [0.25, 0.3) is 10.9 Å². The van der Waals surface area contributed by atoms with Gasteiger partial charge in [0.15, 0.2) is 0 Å². The lowest BCUT2D eigenvalue weighted by molar-refractivity contribution is 0.305. The van der Waals surface area contributed by atoms with Gasteiger partial charge >= 0.3 is 0 Å². The van der Waals surface area contributed by atoms with E-state index in [4.69, 9.17) is 11.6 Å². The SMILES string of the molecule is CC1CCC(NCCn2ccc3ccc(Cl)cc32)CC1. The van der Waals surface area contributed by atoms with Gasteiger partial charge in [-0.15, -0.1) is 0 Å². The van der Waals surface area contributed by atoms with E-state index < -0.39 is 0 Å². The second-order valence-electron chi connectivity index (χ2n) is 6.12. The fourth-order valence-corrected chi connectivity index (χ4v) is 3.37. The van der Waals surface area contributed by atoms with E-state index >= 15 is 0 Å². The highest BCUT2D eigenvalue weighted by Gasteiger charge is 2.17. The number of benzene rings is 1. The summed E-state index contributed by atoms with van der Waals surface area (Å²) < 4.78 is 2.29. The molecule has 1 fully saturated rings. The zero-order valence-corrected chi connectivity index (χ0v) is 12.9. The molecule has 108 valence electrons. The lowest BCUT2D eigenvalue weighted by Crippen LogP contribution is -2.34. The minimum absolute atomic E-state index is 0.719. The number of hydrogen-bond donors (Lipinski definition) is 1. The number of fused-ring (bicyclic) bond motifs is 1. The summed E-state index contributed by atoms with van der Waals surface area (Å²) in [6, 6.07) is 8.98. The summed E-state index contributed by atoms with van der Waals surface area (Å²) in [6.07, 6.45) is 7.57. The maximum absolute atomic E-state index is 6.09. The predicted molar refractivity (Wildman–Crippen MR) is 86.4 cm³/mol. The standard InChI is InChI=1S/C17H23ClN2/c1-13-2-6-16(7-3-13)19-9-11-20-10-8-14-4-5-15(18)12-17(14)20/h4-5,8,10,12-13,16,19H,2-3,6-7,9,11H2,1H3. The molecule has 2 nitrogen and oxygen atoms in total. The predicted octanol–water partition coefficient (Wildman–Crippen LogP) is 4.46. The van der Waals surface area contributed by atoms with Crippen LogP contribution in [0.4, 0.5) is 0 Å². The van der Waals surface area contributed by atoms with E-state index in [1.165, 1.54) is 36.6 Å². The smallest absolute Gasteiger partial charge is 0.0495 e. The number of nitrogens with one attached hydrogen (secondary N) is 1. The molecule has 0 bridgehead atoms. The van der Waals surface area contributed by atoms with Crippen LogP contribution in [0.5, 0.6) is 0 Å². The van der Waals surface area contributed by atoms with Gasteiger partial charge in [0.2, 0.25) is 0 Å². The number of halogens is 1. The fraction of sp³-hybridized carbons (Fsp3) is 0.529. The maximum Gasteiger partial charge on any atom is 0.0495 e. The third-order valence-corrected chi connectivity index (χ3v) is 4.77. The first-order valence-electron chi connectivity index (χ1n) is 7.70. The van der Waals surface area contributed by atoms with Crippen LogP contribution in [0, 0.1) is 5.92 Å². The molecule has 0 amide bonds. The van der Waals surface area contributed by atoms with Gasteiger partial charge in [-0.3, -0.25) is 0 Å². The first-order chi connectivity index (χ1) is 9.72. The zero-order valence-electron chi connectivity index (χ0n) is 12.1. The van der Waals surface area contributed by atoms with Crippen molar-refractivity contribution in [2.45, 2.75) is 45.2 Å². The highest BCUT2D eigenvalue weighted by molar-refractivity contribution is 6.31. The number of aromatic nitrogens is 1. The molecular weight excluding hydrogens is 268 g/mol. The van der Waals surface area contributed by atoms with E-state index in [-0.39, 0.29) is 0 Å². The second-order valence-corrected chi connectivity index (χ2v) is 6.56. The molecule has 1 aliphatic rings. The van der Waals surface area contributed by atoms with Gasteiger partial charge < -0.3 is 9.88 Å². The molecule has 1 heterocycles. The summed E-state index contributed by atoms with van der Waals surface area (Å²) in [7, 11) is 0. The molecule has 0 spiro atoms. The largest absolute Gasteiger partial charge is 0.346 e. The molecule has 0 saturated heterocycles. The normalized spacial score (nSPS) is 23.3. The van der Waals surface area contributed by atoms with Gasteiger partial charge in [-0.2, -0.15) is 0 Å². The van der Waals surface area contributed by atoms with Gasteiger partial charge in [0.05, 0.1) is 0 Å². The van der Waals surface area contributed by atoms with Gasteiger partial charge in [0.25, 0.3) is 0 Å². The van der Waals surface area contributed by atoms with Crippen LogP contribution >= 0.6 is 11.6 Å². The fourth-order valence-electron chi connectivity index (χ4n) is 3.21. The first-order valence-corrected chi connectivity index (χ1v) is 8.08. The molecule has 1 saturated carbocycles. The molecule has 1 aromatic carbocycles. The van der Waals surface area contributed by atoms with Crippen LogP contribution in [0.15, 0.2) is 30.5 Å². The third kappa shape index (κ3) is 3.18. The minimum Gasteiger partial charge on any atom is -0.346 e. The van der Waals surface area contributed by atoms with Crippen LogP contribution < -0.4 is 5.32 Å². The Morgan fingerprint density at radius 3 is 2.80 bits per heavy atom. The summed E-state index contributed by atoms with van der Waals surface area (Å²) in [5, 5.41) is 5.78. The monoisotopic (exact) mass is 290 g/mol. The molecular formula is C17H23ClN2. The van der Waals surface area contributed by atoms with E-state index in [2.05, 4.69) is 41.2 Å². The highest BCUT2D eigenvalue weighted by Crippen LogP contribution is 2.23. The summed E-state index contributed by atoms with van der Waals surface area (Å²) in [5.41, 5.74) is 1.23. The molecule has 2 aromatic rings. The van der Waals surface area contributed by atoms with Gasteiger partial charge in [-0.1, -0.05) is 24.6 Å². The topological polar surface area (TPSA) is 17.0 Å². The molecule has 3 rings (SSSR count). The second kappa shape index (κ2) is 6.19. The van der Waals surface area contributed by atoms with Gasteiger partial charge in [-0.25, -0.2) is 0 Å². The van der Waals surface area contributed by atoms with Crippen molar-refractivity contribution < 1.29 is 0 Å². The zero-order chi connectivity index (χ0) is 13.9. The quantitative estimate of drug-likeness (QED) is 0.879. The average molecular weight is 291 g/mol. The van der Waals surface area contributed by atoms with Gasteiger partial charge in [-0.05, 0) is 55.2 Å². The Balaban J connectivity index is 1.56. The number of rotatable bonds is 4. The Morgan fingerprint density at radius 2 is 2.00 bits per heavy atom.